The van der Waals surface area contributed by atoms with E-state index in [4.69, 9.17) is 4.74 Å². The van der Waals surface area contributed by atoms with Crippen LogP contribution < -0.4 is 21.5 Å². The van der Waals surface area contributed by atoms with Gasteiger partial charge in [0.15, 0.2) is 0 Å². The zero-order chi connectivity index (χ0) is 27.0. The normalized spacial score (nSPS) is 17.5. The lowest BCUT2D eigenvalue weighted by Crippen LogP contribution is -2.41. The summed E-state index contributed by atoms with van der Waals surface area (Å²) in [5, 5.41) is 8.35. The van der Waals surface area contributed by atoms with Gasteiger partial charge in [0.25, 0.3) is 17.4 Å². The molecular formula is C28H38N4O5. The molecule has 9 nitrogen and oxygen atoms in total. The van der Waals surface area contributed by atoms with Crippen LogP contribution in [0.1, 0.15) is 79.2 Å². The Labute approximate surface area is 218 Å². The highest BCUT2D eigenvalue weighted by atomic mass is 16.6. The second kappa shape index (κ2) is 12.6. The number of nitrogens with zero attached hydrogens (tertiary/aromatic N) is 1. The van der Waals surface area contributed by atoms with Gasteiger partial charge in [-0.05, 0) is 70.4 Å². The van der Waals surface area contributed by atoms with Crippen molar-refractivity contribution >= 4 is 17.9 Å². The molecule has 200 valence electrons. The predicted octanol–water partition coefficient (Wildman–Crippen LogP) is 3.46. The van der Waals surface area contributed by atoms with E-state index in [0.717, 1.165) is 37.7 Å². The molecular weight excluding hydrogens is 472 g/mol. The fraction of sp³-hybridized carbons (Fsp3) is 0.500. The van der Waals surface area contributed by atoms with Gasteiger partial charge < -0.3 is 25.3 Å². The van der Waals surface area contributed by atoms with Gasteiger partial charge in [0.1, 0.15) is 11.2 Å². The molecule has 0 radical (unpaired) electrons. The third kappa shape index (κ3) is 8.48. The Morgan fingerprint density at radius 1 is 1.03 bits per heavy atom. The maximum Gasteiger partial charge on any atom is 0.407 e. The molecule has 1 aromatic carbocycles. The van der Waals surface area contributed by atoms with E-state index in [1.807, 2.05) is 51.1 Å². The molecule has 0 spiro atoms. The number of benzene rings is 1. The number of alkyl carbamates (subject to hydrolysis) is 1. The van der Waals surface area contributed by atoms with Gasteiger partial charge in [-0.2, -0.15) is 0 Å². The first kappa shape index (κ1) is 28.0. The van der Waals surface area contributed by atoms with Crippen LogP contribution in [0.5, 0.6) is 0 Å². The van der Waals surface area contributed by atoms with E-state index >= 15 is 0 Å². The van der Waals surface area contributed by atoms with Crippen molar-refractivity contribution in [3.8, 4) is 0 Å². The molecule has 1 aliphatic carbocycles. The molecule has 1 fully saturated rings. The van der Waals surface area contributed by atoms with Crippen molar-refractivity contribution in [2.45, 2.75) is 71.1 Å². The lowest BCUT2D eigenvalue weighted by Gasteiger charge is -2.30. The summed E-state index contributed by atoms with van der Waals surface area (Å²) in [5.41, 5.74) is 0.120. The maximum absolute atomic E-state index is 12.9. The minimum absolute atomic E-state index is 0.0677. The lowest BCUT2D eigenvalue weighted by molar-refractivity contribution is 0.0486. The summed E-state index contributed by atoms with van der Waals surface area (Å²) in [6.45, 7) is 6.27. The number of hydrogen-bond acceptors (Lipinski definition) is 5. The van der Waals surface area contributed by atoms with Crippen LogP contribution in [0.15, 0.2) is 47.4 Å². The van der Waals surface area contributed by atoms with E-state index < -0.39 is 17.1 Å². The van der Waals surface area contributed by atoms with Crippen molar-refractivity contribution in [1.29, 1.82) is 0 Å². The summed E-state index contributed by atoms with van der Waals surface area (Å²) in [4.78, 5) is 50.1. The number of carbonyl (C=O) groups excluding carboxylic acids is 3. The molecule has 1 saturated carbocycles. The first-order valence-corrected chi connectivity index (χ1v) is 12.8. The first-order chi connectivity index (χ1) is 17.6. The second-order valence-electron chi connectivity index (χ2n) is 10.5. The Balaban J connectivity index is 1.55. The molecule has 9 heteroatoms. The monoisotopic (exact) mass is 510 g/mol. The summed E-state index contributed by atoms with van der Waals surface area (Å²) in [6, 6.07) is 10.9. The highest BCUT2D eigenvalue weighted by Gasteiger charge is 2.25. The average molecular weight is 511 g/mol. The van der Waals surface area contributed by atoms with E-state index in [2.05, 4.69) is 16.0 Å². The van der Waals surface area contributed by atoms with Crippen LogP contribution in [-0.2, 0) is 11.3 Å². The molecule has 1 heterocycles. The van der Waals surface area contributed by atoms with Crippen molar-refractivity contribution in [2.75, 3.05) is 13.6 Å². The van der Waals surface area contributed by atoms with Gasteiger partial charge in [-0.15, -0.1) is 0 Å². The zero-order valence-electron chi connectivity index (χ0n) is 22.1. The number of pyridine rings is 1. The molecule has 3 rings (SSSR count). The van der Waals surface area contributed by atoms with Gasteiger partial charge >= 0.3 is 6.09 Å². The number of aromatic nitrogens is 1. The van der Waals surface area contributed by atoms with Crippen LogP contribution in [0.4, 0.5) is 4.79 Å². The Hall–Kier alpha value is -3.62. The fourth-order valence-corrected chi connectivity index (χ4v) is 4.52. The number of carbonyl (C=O) groups is 3. The largest absolute Gasteiger partial charge is 0.444 e. The van der Waals surface area contributed by atoms with Gasteiger partial charge in [-0.3, -0.25) is 14.4 Å². The SMILES string of the molecule is CNC(=O)c1cc(C(=O)NCCC2CCC(NC(=O)OC(C)(C)C)CC2)cn(Cc2ccccc2)c1=O. The summed E-state index contributed by atoms with van der Waals surface area (Å²) < 4.78 is 6.73. The molecule has 0 atom stereocenters. The lowest BCUT2D eigenvalue weighted by atomic mass is 9.84. The third-order valence-electron chi connectivity index (χ3n) is 6.42. The number of rotatable bonds is 8. The predicted molar refractivity (Wildman–Crippen MR) is 142 cm³/mol. The van der Waals surface area contributed by atoms with Crippen molar-refractivity contribution in [3.63, 3.8) is 0 Å². The van der Waals surface area contributed by atoms with Gasteiger partial charge in [-0.1, -0.05) is 30.3 Å². The van der Waals surface area contributed by atoms with Crippen LogP contribution in [0, 0.1) is 5.92 Å². The molecule has 3 amide bonds. The molecule has 1 aromatic heterocycles. The van der Waals surface area contributed by atoms with Gasteiger partial charge in [0, 0.05) is 25.8 Å². The summed E-state index contributed by atoms with van der Waals surface area (Å²) in [5.74, 6) is -0.407. The van der Waals surface area contributed by atoms with E-state index in [-0.39, 0.29) is 35.7 Å². The minimum Gasteiger partial charge on any atom is -0.444 e. The summed E-state index contributed by atoms with van der Waals surface area (Å²) >= 11 is 0. The molecule has 0 aliphatic heterocycles. The van der Waals surface area contributed by atoms with Crippen molar-refractivity contribution in [2.24, 2.45) is 5.92 Å². The van der Waals surface area contributed by atoms with Gasteiger partial charge in [-0.25, -0.2) is 4.79 Å². The number of nitrogens with one attached hydrogen (secondary N) is 3. The van der Waals surface area contributed by atoms with Crippen molar-refractivity contribution in [1.82, 2.24) is 20.5 Å². The first-order valence-electron chi connectivity index (χ1n) is 12.8. The van der Waals surface area contributed by atoms with Crippen LogP contribution >= 0.6 is 0 Å². The summed E-state index contributed by atoms with van der Waals surface area (Å²) in [6.07, 6.45) is 5.60. The standard InChI is InChI=1S/C28H38N4O5/c1-28(2,3)37-27(36)31-22-12-10-19(11-13-22)14-15-30-24(33)21-16-23(25(34)29-4)26(35)32(18-21)17-20-8-6-5-7-9-20/h5-9,16,18-19,22H,10-15,17H2,1-4H3,(H,29,34)(H,30,33)(H,31,36). The van der Waals surface area contributed by atoms with Crippen LogP contribution in [0.2, 0.25) is 0 Å². The van der Waals surface area contributed by atoms with E-state index in [0.29, 0.717) is 12.5 Å². The molecule has 0 unspecified atom stereocenters. The quantitative estimate of drug-likeness (QED) is 0.503. The number of ether oxygens (including phenoxy) is 1. The van der Waals surface area contributed by atoms with Crippen LogP contribution in [0.3, 0.4) is 0 Å². The van der Waals surface area contributed by atoms with Crippen LogP contribution in [-0.4, -0.2) is 47.7 Å². The Morgan fingerprint density at radius 3 is 2.32 bits per heavy atom. The molecule has 2 aromatic rings. The molecule has 1 aliphatic rings. The smallest absolute Gasteiger partial charge is 0.407 e. The summed E-state index contributed by atoms with van der Waals surface area (Å²) in [7, 11) is 1.45. The Morgan fingerprint density at radius 2 is 1.70 bits per heavy atom. The highest BCUT2D eigenvalue weighted by Crippen LogP contribution is 2.26. The van der Waals surface area contributed by atoms with Gasteiger partial charge in [0.2, 0.25) is 0 Å². The highest BCUT2D eigenvalue weighted by molar-refractivity contribution is 5.99. The van der Waals surface area contributed by atoms with E-state index in [1.54, 1.807) is 0 Å². The maximum atomic E-state index is 12.9. The Kier molecular flexibility index (Phi) is 9.49. The molecule has 3 N–H and O–H groups in total. The third-order valence-corrected chi connectivity index (χ3v) is 6.42. The van der Waals surface area contributed by atoms with Crippen LogP contribution in [0.25, 0.3) is 0 Å². The molecule has 37 heavy (non-hydrogen) atoms. The number of amides is 3. The molecule has 0 bridgehead atoms. The zero-order valence-corrected chi connectivity index (χ0v) is 22.1. The second-order valence-corrected chi connectivity index (χ2v) is 10.5. The number of hydrogen-bond donors (Lipinski definition) is 3. The molecule has 0 saturated heterocycles. The van der Waals surface area contributed by atoms with E-state index in [9.17, 15) is 19.2 Å². The van der Waals surface area contributed by atoms with Crippen molar-refractivity contribution < 1.29 is 19.1 Å². The topological polar surface area (TPSA) is 119 Å². The fourth-order valence-electron chi connectivity index (χ4n) is 4.52. The van der Waals surface area contributed by atoms with Gasteiger partial charge in [0.05, 0.1) is 12.1 Å². The minimum atomic E-state index is -0.529. The van der Waals surface area contributed by atoms with E-state index in [1.165, 1.54) is 23.9 Å². The average Bonchev–Trinajstić information content (AvgIpc) is 2.85. The Bertz CT molecular complexity index is 1150. The van der Waals surface area contributed by atoms with Crippen molar-refractivity contribution in [3.05, 3.63) is 69.6 Å².